The first-order valence-corrected chi connectivity index (χ1v) is 6.66. The topological polar surface area (TPSA) is 28.7 Å². The van der Waals surface area contributed by atoms with Crippen LogP contribution >= 0.6 is 11.6 Å². The van der Waals surface area contributed by atoms with E-state index < -0.39 is 0 Å². The largest absolute Gasteiger partial charge is 0.338 e. The van der Waals surface area contributed by atoms with Gasteiger partial charge in [-0.15, -0.1) is 0 Å². The molecule has 0 atom stereocenters. The van der Waals surface area contributed by atoms with Gasteiger partial charge in [0.2, 0.25) is 0 Å². The molecule has 0 aliphatic carbocycles. The van der Waals surface area contributed by atoms with Crippen molar-refractivity contribution in [1.82, 2.24) is 9.97 Å². The zero-order valence-electron chi connectivity index (χ0n) is 11.2. The highest BCUT2D eigenvalue weighted by molar-refractivity contribution is 6.35. The quantitative estimate of drug-likeness (QED) is 0.675. The Bertz CT molecular complexity index is 749. The third-order valence-corrected chi connectivity index (χ3v) is 3.68. The molecule has 1 N–H and O–H groups in total. The number of aromatic nitrogens is 2. The highest BCUT2D eigenvalue weighted by atomic mass is 35.5. The van der Waals surface area contributed by atoms with Crippen molar-refractivity contribution in [3.63, 3.8) is 0 Å². The number of halogens is 1. The van der Waals surface area contributed by atoms with Gasteiger partial charge >= 0.3 is 0 Å². The fourth-order valence-corrected chi connectivity index (χ4v) is 2.89. The van der Waals surface area contributed by atoms with Crippen LogP contribution in [0.15, 0.2) is 30.3 Å². The molecule has 1 heterocycles. The Labute approximate surface area is 117 Å². The molecule has 0 fully saturated rings. The molecule has 0 saturated heterocycles. The highest BCUT2D eigenvalue weighted by Crippen LogP contribution is 2.30. The van der Waals surface area contributed by atoms with Gasteiger partial charge in [-0.05, 0) is 44.0 Å². The summed E-state index contributed by atoms with van der Waals surface area (Å²) in [6.45, 7) is 6.34. The van der Waals surface area contributed by atoms with Crippen molar-refractivity contribution in [2.75, 3.05) is 0 Å². The lowest BCUT2D eigenvalue weighted by Gasteiger charge is -2.08. The van der Waals surface area contributed by atoms with Gasteiger partial charge in [0.1, 0.15) is 11.3 Å². The minimum absolute atomic E-state index is 0.683. The summed E-state index contributed by atoms with van der Waals surface area (Å²) in [7, 11) is 0. The first kappa shape index (κ1) is 12.2. The van der Waals surface area contributed by atoms with Gasteiger partial charge < -0.3 is 4.98 Å². The normalized spacial score (nSPS) is 11.2. The molecule has 96 valence electrons. The van der Waals surface area contributed by atoms with Crippen molar-refractivity contribution < 1.29 is 0 Å². The van der Waals surface area contributed by atoms with Gasteiger partial charge in [0.05, 0.1) is 10.5 Å². The molecule has 2 aromatic carbocycles. The third-order valence-electron chi connectivity index (χ3n) is 3.38. The van der Waals surface area contributed by atoms with Crippen molar-refractivity contribution in [1.29, 1.82) is 0 Å². The van der Waals surface area contributed by atoms with E-state index in [1.54, 1.807) is 0 Å². The van der Waals surface area contributed by atoms with Crippen LogP contribution in [0.5, 0.6) is 0 Å². The van der Waals surface area contributed by atoms with Gasteiger partial charge in [-0.25, -0.2) is 4.98 Å². The molecule has 0 bridgehead atoms. The molecule has 3 heteroatoms. The summed E-state index contributed by atoms with van der Waals surface area (Å²) < 4.78 is 0. The smallest absolute Gasteiger partial charge is 0.139 e. The summed E-state index contributed by atoms with van der Waals surface area (Å²) in [4.78, 5) is 8.00. The maximum atomic E-state index is 6.18. The van der Waals surface area contributed by atoms with E-state index in [0.29, 0.717) is 5.02 Å². The number of nitrogens with one attached hydrogen (secondary N) is 1. The highest BCUT2D eigenvalue weighted by Gasteiger charge is 2.12. The number of rotatable bonds is 1. The van der Waals surface area contributed by atoms with E-state index in [-0.39, 0.29) is 0 Å². The first-order chi connectivity index (χ1) is 9.06. The van der Waals surface area contributed by atoms with Crippen LogP contribution in [0.25, 0.3) is 22.4 Å². The van der Waals surface area contributed by atoms with Crippen molar-refractivity contribution in [2.24, 2.45) is 0 Å². The molecular weight excluding hydrogens is 256 g/mol. The Balaban J connectivity index is 2.28. The van der Waals surface area contributed by atoms with Crippen molar-refractivity contribution >= 4 is 22.6 Å². The number of imidazole rings is 1. The summed E-state index contributed by atoms with van der Waals surface area (Å²) in [5.41, 5.74) is 6.70. The number of hydrogen-bond acceptors (Lipinski definition) is 1. The zero-order chi connectivity index (χ0) is 13.6. The Kier molecular flexibility index (Phi) is 2.83. The molecule has 1 aromatic heterocycles. The summed E-state index contributed by atoms with van der Waals surface area (Å²) >= 11 is 6.18. The fraction of sp³-hybridized carbons (Fsp3) is 0.188. The average molecular weight is 271 g/mol. The number of H-pyrrole nitrogens is 1. The second-order valence-electron chi connectivity index (χ2n) is 5.00. The summed E-state index contributed by atoms with van der Waals surface area (Å²) in [5, 5.41) is 0.683. The van der Waals surface area contributed by atoms with Gasteiger partial charge in [0, 0.05) is 5.56 Å². The van der Waals surface area contributed by atoms with E-state index in [1.165, 1.54) is 16.7 Å². The molecule has 0 aliphatic rings. The average Bonchev–Trinajstić information content (AvgIpc) is 2.72. The van der Waals surface area contributed by atoms with Gasteiger partial charge in [0.15, 0.2) is 0 Å². The SMILES string of the molecule is Cc1cc(C)c(-c2nc3c(Cl)cccc3[nH]2)c(C)c1. The van der Waals surface area contributed by atoms with Crippen LogP contribution in [0.3, 0.4) is 0 Å². The van der Waals surface area contributed by atoms with Crippen molar-refractivity contribution in [3.05, 3.63) is 52.0 Å². The third kappa shape index (κ3) is 2.02. The number of para-hydroxylation sites is 1. The molecule has 0 saturated carbocycles. The number of aromatic amines is 1. The number of benzene rings is 2. The summed E-state index contributed by atoms with van der Waals surface area (Å²) in [5.74, 6) is 0.887. The van der Waals surface area contributed by atoms with Crippen LogP contribution < -0.4 is 0 Å². The van der Waals surface area contributed by atoms with Gasteiger partial charge in [0.25, 0.3) is 0 Å². The summed E-state index contributed by atoms with van der Waals surface area (Å²) in [6.07, 6.45) is 0. The van der Waals surface area contributed by atoms with Crippen LogP contribution in [0, 0.1) is 20.8 Å². The Hall–Kier alpha value is -1.80. The second-order valence-corrected chi connectivity index (χ2v) is 5.40. The number of hydrogen-bond donors (Lipinski definition) is 1. The second kappa shape index (κ2) is 4.39. The predicted octanol–water partition coefficient (Wildman–Crippen LogP) is 4.81. The lowest BCUT2D eigenvalue weighted by atomic mass is 9.99. The van der Waals surface area contributed by atoms with Crippen LogP contribution in [0.2, 0.25) is 5.02 Å². The standard InChI is InChI=1S/C16H15ClN2/c1-9-7-10(2)14(11(3)8-9)16-18-13-6-4-5-12(17)15(13)19-16/h4-8H,1-3H3,(H,18,19). The maximum Gasteiger partial charge on any atom is 0.139 e. The minimum atomic E-state index is 0.683. The van der Waals surface area contributed by atoms with Gasteiger partial charge in [-0.2, -0.15) is 0 Å². The van der Waals surface area contributed by atoms with E-state index in [2.05, 4.69) is 42.9 Å². The molecule has 0 amide bonds. The molecular formula is C16H15ClN2. The van der Waals surface area contributed by atoms with E-state index in [1.807, 2.05) is 18.2 Å². The van der Waals surface area contributed by atoms with Crippen LogP contribution in [-0.2, 0) is 0 Å². The van der Waals surface area contributed by atoms with E-state index in [9.17, 15) is 0 Å². The first-order valence-electron chi connectivity index (χ1n) is 6.28. The van der Waals surface area contributed by atoms with E-state index in [0.717, 1.165) is 22.4 Å². The number of aryl methyl sites for hydroxylation is 3. The molecule has 0 aliphatic heterocycles. The number of nitrogens with zero attached hydrogens (tertiary/aromatic N) is 1. The molecule has 0 radical (unpaired) electrons. The molecule has 0 unspecified atom stereocenters. The zero-order valence-corrected chi connectivity index (χ0v) is 12.0. The van der Waals surface area contributed by atoms with Crippen LogP contribution in [0.1, 0.15) is 16.7 Å². The van der Waals surface area contributed by atoms with Crippen molar-refractivity contribution in [3.8, 4) is 11.4 Å². The molecule has 19 heavy (non-hydrogen) atoms. The molecule has 3 rings (SSSR count). The lowest BCUT2D eigenvalue weighted by Crippen LogP contribution is -1.91. The molecule has 3 aromatic rings. The lowest BCUT2D eigenvalue weighted by molar-refractivity contribution is 1.25. The Morgan fingerprint density at radius 3 is 2.37 bits per heavy atom. The molecule has 0 spiro atoms. The van der Waals surface area contributed by atoms with Crippen LogP contribution in [0.4, 0.5) is 0 Å². The Morgan fingerprint density at radius 2 is 1.74 bits per heavy atom. The Morgan fingerprint density at radius 1 is 1.05 bits per heavy atom. The predicted molar refractivity (Wildman–Crippen MR) is 80.8 cm³/mol. The van der Waals surface area contributed by atoms with Crippen molar-refractivity contribution in [2.45, 2.75) is 20.8 Å². The molecule has 2 nitrogen and oxygen atoms in total. The summed E-state index contributed by atoms with van der Waals surface area (Å²) in [6, 6.07) is 10.1. The van der Waals surface area contributed by atoms with E-state index >= 15 is 0 Å². The van der Waals surface area contributed by atoms with Gasteiger partial charge in [-0.1, -0.05) is 35.4 Å². The monoisotopic (exact) mass is 270 g/mol. The number of fused-ring (bicyclic) bond motifs is 1. The van der Waals surface area contributed by atoms with Crippen LogP contribution in [-0.4, -0.2) is 9.97 Å². The van der Waals surface area contributed by atoms with Gasteiger partial charge in [-0.3, -0.25) is 0 Å². The van der Waals surface area contributed by atoms with E-state index in [4.69, 9.17) is 11.6 Å². The maximum absolute atomic E-state index is 6.18. The minimum Gasteiger partial charge on any atom is -0.338 e. The fourth-order valence-electron chi connectivity index (χ4n) is 2.67.